The lowest BCUT2D eigenvalue weighted by Gasteiger charge is -2.08. The normalized spacial score (nSPS) is 14.4. The number of carbonyl (C=O) groups is 1. The Kier molecular flexibility index (Phi) is 2.56. The van der Waals surface area contributed by atoms with Crippen molar-refractivity contribution in [3.63, 3.8) is 0 Å². The van der Waals surface area contributed by atoms with Crippen LogP contribution in [0, 0.1) is 0 Å². The molecule has 0 amide bonds. The number of carboxylic acids is 1. The third-order valence-corrected chi connectivity index (χ3v) is 5.77. The van der Waals surface area contributed by atoms with Crippen molar-refractivity contribution in [1.82, 2.24) is 4.98 Å². The van der Waals surface area contributed by atoms with Crippen LogP contribution in [0.25, 0.3) is 22.0 Å². The van der Waals surface area contributed by atoms with Gasteiger partial charge in [0, 0.05) is 17.2 Å². The summed E-state index contributed by atoms with van der Waals surface area (Å²) in [6, 6.07) is 10.1. The molecule has 4 rings (SSSR count). The van der Waals surface area contributed by atoms with Gasteiger partial charge in [0.25, 0.3) is 0 Å². The molecule has 0 bridgehead atoms. The lowest BCUT2D eigenvalue weighted by Crippen LogP contribution is -2.25. The number of nitrogens with one attached hydrogen (secondary N) is 1. The fourth-order valence-corrected chi connectivity index (χ4v) is 4.64. The second-order valence-electron chi connectivity index (χ2n) is 5.20. The number of pyridine rings is 1. The third kappa shape index (κ3) is 1.71. The summed E-state index contributed by atoms with van der Waals surface area (Å²) in [4.78, 5) is 26.1. The summed E-state index contributed by atoms with van der Waals surface area (Å²) in [6.45, 7) is 0. The molecular weight excluding hydrogens is 318 g/mol. The van der Waals surface area contributed by atoms with Gasteiger partial charge in [0.1, 0.15) is 0 Å². The average molecular weight is 326 g/mol. The van der Waals surface area contributed by atoms with Crippen LogP contribution in [0.3, 0.4) is 0 Å². The van der Waals surface area contributed by atoms with E-state index in [-0.39, 0.29) is 26.4 Å². The SMILES string of the molecule is O=C([O-])c1cc(=O)c2c3c(ccc2[nH]1)S(=O)(=O)c1ccccc1-3. The van der Waals surface area contributed by atoms with E-state index in [0.29, 0.717) is 11.1 Å². The second-order valence-corrected chi connectivity index (χ2v) is 7.08. The van der Waals surface area contributed by atoms with Crippen LogP contribution in [-0.4, -0.2) is 19.4 Å². The zero-order valence-corrected chi connectivity index (χ0v) is 12.3. The van der Waals surface area contributed by atoms with Crippen LogP contribution in [0.15, 0.2) is 57.1 Å². The summed E-state index contributed by atoms with van der Waals surface area (Å²) in [7, 11) is -3.68. The standard InChI is InChI=1S/C16H9NO5S/c18-11-7-10(16(19)20)17-9-5-6-13-14(15(9)11)8-3-1-2-4-12(8)23(13,21)22/h1-7H,(H,17,18)(H,19,20)/p-1. The van der Waals surface area contributed by atoms with Gasteiger partial charge in [-0.1, -0.05) is 18.2 Å². The maximum atomic E-state index is 12.6. The van der Waals surface area contributed by atoms with E-state index in [4.69, 9.17) is 0 Å². The third-order valence-electron chi connectivity index (χ3n) is 3.91. The molecule has 0 unspecified atom stereocenters. The zero-order chi connectivity index (χ0) is 16.4. The minimum absolute atomic E-state index is 0.0536. The predicted molar refractivity (Wildman–Crippen MR) is 79.8 cm³/mol. The molecular formula is C16H8NO5S-. The minimum atomic E-state index is -3.68. The molecule has 1 aliphatic heterocycles. The van der Waals surface area contributed by atoms with Crippen LogP contribution < -0.4 is 10.5 Å². The van der Waals surface area contributed by atoms with Gasteiger partial charge in [-0.3, -0.25) is 4.79 Å². The first-order chi connectivity index (χ1) is 10.9. The molecule has 1 N–H and O–H groups in total. The fraction of sp³-hybridized carbons (Fsp3) is 0. The zero-order valence-electron chi connectivity index (χ0n) is 11.5. The number of fused-ring (bicyclic) bond motifs is 5. The number of aromatic carboxylic acids is 1. The van der Waals surface area contributed by atoms with Crippen LogP contribution >= 0.6 is 0 Å². The summed E-state index contributed by atoms with van der Waals surface area (Å²) < 4.78 is 25.2. The van der Waals surface area contributed by atoms with Gasteiger partial charge in [-0.25, -0.2) is 8.42 Å². The summed E-state index contributed by atoms with van der Waals surface area (Å²) in [6.07, 6.45) is 0. The van der Waals surface area contributed by atoms with Crippen LogP contribution in [0.2, 0.25) is 0 Å². The van der Waals surface area contributed by atoms with E-state index in [9.17, 15) is 23.1 Å². The van der Waals surface area contributed by atoms with Gasteiger partial charge in [0.15, 0.2) is 5.43 Å². The Labute approximate surface area is 129 Å². The summed E-state index contributed by atoms with van der Waals surface area (Å²) in [5.74, 6) is -1.50. The number of aromatic amines is 1. The van der Waals surface area contributed by atoms with Crippen molar-refractivity contribution in [3.05, 3.63) is 58.4 Å². The van der Waals surface area contributed by atoms with Gasteiger partial charge in [0.2, 0.25) is 9.84 Å². The molecule has 6 nitrogen and oxygen atoms in total. The molecule has 0 saturated heterocycles. The molecule has 0 aliphatic carbocycles. The number of hydrogen-bond donors (Lipinski definition) is 1. The first-order valence-corrected chi connectivity index (χ1v) is 8.15. The highest BCUT2D eigenvalue weighted by Crippen LogP contribution is 2.45. The van der Waals surface area contributed by atoms with Crippen molar-refractivity contribution < 1.29 is 18.3 Å². The van der Waals surface area contributed by atoms with Crippen LogP contribution in [0.4, 0.5) is 0 Å². The lowest BCUT2D eigenvalue weighted by atomic mass is 10.00. The Balaban J connectivity index is 2.24. The highest BCUT2D eigenvalue weighted by Gasteiger charge is 2.34. The van der Waals surface area contributed by atoms with Gasteiger partial charge < -0.3 is 14.9 Å². The van der Waals surface area contributed by atoms with Crippen molar-refractivity contribution in [2.75, 3.05) is 0 Å². The maximum Gasteiger partial charge on any atom is 0.207 e. The highest BCUT2D eigenvalue weighted by atomic mass is 32.2. The Morgan fingerprint density at radius 1 is 1.04 bits per heavy atom. The monoisotopic (exact) mass is 326 g/mol. The number of H-pyrrole nitrogens is 1. The first-order valence-electron chi connectivity index (χ1n) is 6.67. The number of aromatic nitrogens is 1. The Morgan fingerprint density at radius 3 is 2.52 bits per heavy atom. The minimum Gasteiger partial charge on any atom is -0.543 e. The van der Waals surface area contributed by atoms with E-state index in [0.717, 1.165) is 6.07 Å². The topological polar surface area (TPSA) is 107 Å². The number of hydrogen-bond acceptors (Lipinski definition) is 5. The van der Waals surface area contributed by atoms with E-state index in [2.05, 4.69) is 4.98 Å². The average Bonchev–Trinajstić information content (AvgIpc) is 2.75. The number of sulfone groups is 1. The summed E-state index contributed by atoms with van der Waals surface area (Å²) in [5, 5.41) is 11.1. The Bertz CT molecular complexity index is 1170. The fourth-order valence-electron chi connectivity index (χ4n) is 2.96. The van der Waals surface area contributed by atoms with Gasteiger partial charge >= 0.3 is 0 Å². The molecule has 1 aliphatic rings. The molecule has 3 aromatic rings. The van der Waals surface area contributed by atoms with Gasteiger partial charge in [-0.05, 0) is 18.2 Å². The first kappa shape index (κ1) is 13.7. The molecule has 114 valence electrons. The lowest BCUT2D eigenvalue weighted by molar-refractivity contribution is -0.255. The second kappa shape index (κ2) is 4.30. The Morgan fingerprint density at radius 2 is 1.78 bits per heavy atom. The van der Waals surface area contributed by atoms with Gasteiger partial charge in [-0.2, -0.15) is 0 Å². The summed E-state index contributed by atoms with van der Waals surface area (Å²) in [5.41, 5.74) is 0.0877. The van der Waals surface area contributed by atoms with Crippen molar-refractivity contribution in [2.45, 2.75) is 9.79 Å². The van der Waals surface area contributed by atoms with E-state index < -0.39 is 21.2 Å². The maximum absolute atomic E-state index is 12.6. The van der Waals surface area contributed by atoms with E-state index >= 15 is 0 Å². The molecule has 23 heavy (non-hydrogen) atoms. The van der Waals surface area contributed by atoms with Gasteiger partial charge in [-0.15, -0.1) is 0 Å². The molecule has 0 spiro atoms. The quantitative estimate of drug-likeness (QED) is 0.554. The molecule has 1 aromatic heterocycles. The van der Waals surface area contributed by atoms with E-state index in [1.165, 1.54) is 18.2 Å². The van der Waals surface area contributed by atoms with Gasteiger partial charge in [0.05, 0.1) is 32.4 Å². The predicted octanol–water partition coefficient (Wildman–Crippen LogP) is 0.705. The van der Waals surface area contributed by atoms with Crippen LogP contribution in [0.1, 0.15) is 10.5 Å². The van der Waals surface area contributed by atoms with E-state index in [1.54, 1.807) is 18.2 Å². The van der Waals surface area contributed by atoms with Crippen molar-refractivity contribution >= 4 is 26.7 Å². The molecule has 0 atom stereocenters. The number of carboxylic acid groups (broad SMARTS) is 1. The number of carbonyl (C=O) groups excluding carboxylic acids is 1. The molecule has 0 fully saturated rings. The largest absolute Gasteiger partial charge is 0.543 e. The number of benzene rings is 2. The van der Waals surface area contributed by atoms with Crippen molar-refractivity contribution in [3.8, 4) is 11.1 Å². The summed E-state index contributed by atoms with van der Waals surface area (Å²) >= 11 is 0. The number of rotatable bonds is 1. The Hall–Kier alpha value is -2.93. The molecule has 0 radical (unpaired) electrons. The van der Waals surface area contributed by atoms with Crippen molar-refractivity contribution in [1.29, 1.82) is 0 Å². The van der Waals surface area contributed by atoms with Crippen molar-refractivity contribution in [2.24, 2.45) is 0 Å². The molecule has 0 saturated carbocycles. The molecule has 2 heterocycles. The van der Waals surface area contributed by atoms with E-state index in [1.807, 2.05) is 0 Å². The van der Waals surface area contributed by atoms with Crippen LogP contribution in [0.5, 0.6) is 0 Å². The molecule has 2 aromatic carbocycles. The highest BCUT2D eigenvalue weighted by molar-refractivity contribution is 7.92. The van der Waals surface area contributed by atoms with Crippen LogP contribution in [-0.2, 0) is 9.84 Å². The smallest absolute Gasteiger partial charge is 0.207 e. The molecule has 7 heteroatoms.